The summed E-state index contributed by atoms with van der Waals surface area (Å²) in [7, 11) is 2.14. The molecule has 0 N–H and O–H groups in total. The zero-order valence-electron chi connectivity index (χ0n) is 17.5. The predicted octanol–water partition coefficient (Wildman–Crippen LogP) is 3.53. The molecule has 1 aromatic heterocycles. The summed E-state index contributed by atoms with van der Waals surface area (Å²) in [6.45, 7) is 6.35. The van der Waals surface area contributed by atoms with Crippen LogP contribution in [0.1, 0.15) is 40.7 Å². The van der Waals surface area contributed by atoms with Gasteiger partial charge < -0.3 is 9.64 Å². The average Bonchev–Trinajstić information content (AvgIpc) is 3.11. The maximum absolute atomic E-state index is 12.8. The molecule has 2 saturated heterocycles. The summed E-state index contributed by atoms with van der Waals surface area (Å²) in [6.07, 6.45) is 7.17. The number of benzene rings is 1. The number of likely N-dealkylation sites (tertiary alicyclic amines) is 1. The molecule has 2 aliphatic heterocycles. The maximum Gasteiger partial charge on any atom is 0.253 e. The number of nitrogens with zero attached hydrogens (tertiary/aromatic N) is 3. The van der Waals surface area contributed by atoms with Crippen molar-refractivity contribution in [3.8, 4) is 0 Å². The zero-order chi connectivity index (χ0) is 20.3. The van der Waals surface area contributed by atoms with Crippen molar-refractivity contribution in [3.63, 3.8) is 0 Å². The second kappa shape index (κ2) is 8.64. The quantitative estimate of drug-likeness (QED) is 0.780. The Morgan fingerprint density at radius 2 is 2.00 bits per heavy atom. The second-order valence-corrected chi connectivity index (χ2v) is 8.85. The van der Waals surface area contributed by atoms with Crippen LogP contribution in [-0.4, -0.2) is 60.1 Å². The number of carbonyl (C=O) groups excluding carboxylic acids is 1. The molecule has 0 bridgehead atoms. The molecule has 3 heterocycles. The molecular formula is C24H31N3O2. The van der Waals surface area contributed by atoms with Crippen LogP contribution in [0.4, 0.5) is 0 Å². The average molecular weight is 394 g/mol. The fourth-order valence-corrected chi connectivity index (χ4v) is 4.64. The van der Waals surface area contributed by atoms with Gasteiger partial charge in [-0.1, -0.05) is 23.8 Å². The number of ether oxygens (including phenoxy) is 1. The molecule has 2 aromatic rings. The van der Waals surface area contributed by atoms with Crippen molar-refractivity contribution < 1.29 is 9.53 Å². The van der Waals surface area contributed by atoms with E-state index in [-0.39, 0.29) is 17.4 Å². The second-order valence-electron chi connectivity index (χ2n) is 8.85. The number of amides is 1. The number of pyridine rings is 1. The number of aromatic nitrogens is 1. The fourth-order valence-electron chi connectivity index (χ4n) is 4.64. The molecule has 0 aliphatic carbocycles. The standard InChI is InChI=1S/C24H31N3O2/c1-19-5-7-21(8-6-19)23(28)27-12-9-24(10-13-27)14-22(29-18-24)17-26(2)16-20-4-3-11-25-15-20/h3-8,11,15,22H,9-10,12-14,16-18H2,1-2H3. The molecule has 154 valence electrons. The van der Waals surface area contributed by atoms with E-state index in [1.54, 1.807) is 0 Å². The van der Waals surface area contributed by atoms with Crippen LogP contribution >= 0.6 is 0 Å². The summed E-state index contributed by atoms with van der Waals surface area (Å²) < 4.78 is 6.19. The third-order valence-electron chi connectivity index (χ3n) is 6.39. The first kappa shape index (κ1) is 20.0. The van der Waals surface area contributed by atoms with Gasteiger partial charge in [0, 0.05) is 44.1 Å². The normalized spacial score (nSPS) is 21.1. The van der Waals surface area contributed by atoms with Crippen LogP contribution in [0.3, 0.4) is 0 Å². The Morgan fingerprint density at radius 3 is 2.69 bits per heavy atom. The maximum atomic E-state index is 12.8. The first-order valence-corrected chi connectivity index (χ1v) is 10.6. The highest BCUT2D eigenvalue weighted by atomic mass is 16.5. The number of carbonyl (C=O) groups is 1. The summed E-state index contributed by atoms with van der Waals surface area (Å²) in [6, 6.07) is 12.0. The Labute approximate surface area is 173 Å². The monoisotopic (exact) mass is 393 g/mol. The summed E-state index contributed by atoms with van der Waals surface area (Å²) >= 11 is 0. The minimum absolute atomic E-state index is 0.159. The van der Waals surface area contributed by atoms with Crippen LogP contribution in [-0.2, 0) is 11.3 Å². The number of aryl methyl sites for hydroxylation is 1. The van der Waals surface area contributed by atoms with Gasteiger partial charge in [0.2, 0.25) is 0 Å². The van der Waals surface area contributed by atoms with Gasteiger partial charge >= 0.3 is 0 Å². The van der Waals surface area contributed by atoms with Crippen LogP contribution in [0.5, 0.6) is 0 Å². The molecule has 4 rings (SSSR count). The number of rotatable bonds is 5. The topological polar surface area (TPSA) is 45.7 Å². The molecule has 29 heavy (non-hydrogen) atoms. The molecule has 1 unspecified atom stereocenters. The Morgan fingerprint density at radius 1 is 1.24 bits per heavy atom. The van der Waals surface area contributed by atoms with E-state index in [9.17, 15) is 4.79 Å². The van der Waals surface area contributed by atoms with Gasteiger partial charge in [-0.15, -0.1) is 0 Å². The molecule has 0 saturated carbocycles. The SMILES string of the molecule is Cc1ccc(C(=O)N2CCC3(CC2)COC(CN(C)Cc2cccnc2)C3)cc1. The number of hydrogen-bond donors (Lipinski definition) is 0. The van der Waals surface area contributed by atoms with Gasteiger partial charge in [0.05, 0.1) is 12.7 Å². The van der Waals surface area contributed by atoms with Crippen molar-refractivity contribution in [2.75, 3.05) is 33.3 Å². The van der Waals surface area contributed by atoms with Crippen LogP contribution < -0.4 is 0 Å². The largest absolute Gasteiger partial charge is 0.376 e. The number of piperidine rings is 1. The van der Waals surface area contributed by atoms with E-state index in [0.717, 1.165) is 57.6 Å². The summed E-state index contributed by atoms with van der Waals surface area (Å²) in [5, 5.41) is 0. The molecule has 1 aromatic carbocycles. The molecule has 0 radical (unpaired) electrons. The van der Waals surface area contributed by atoms with E-state index in [0.29, 0.717) is 0 Å². The van der Waals surface area contributed by atoms with E-state index in [2.05, 4.69) is 23.0 Å². The first-order valence-electron chi connectivity index (χ1n) is 10.6. The Balaban J connectivity index is 1.27. The summed E-state index contributed by atoms with van der Waals surface area (Å²) in [5.74, 6) is 0.159. The van der Waals surface area contributed by atoms with E-state index >= 15 is 0 Å². The number of hydrogen-bond acceptors (Lipinski definition) is 4. The van der Waals surface area contributed by atoms with Crippen LogP contribution in [0.2, 0.25) is 0 Å². The zero-order valence-corrected chi connectivity index (χ0v) is 17.5. The lowest BCUT2D eigenvalue weighted by Gasteiger charge is -2.38. The minimum atomic E-state index is 0.159. The van der Waals surface area contributed by atoms with E-state index < -0.39 is 0 Å². The van der Waals surface area contributed by atoms with Crippen molar-refractivity contribution in [1.82, 2.24) is 14.8 Å². The molecule has 5 heteroatoms. The van der Waals surface area contributed by atoms with E-state index in [1.807, 2.05) is 54.5 Å². The van der Waals surface area contributed by atoms with Crippen molar-refractivity contribution in [1.29, 1.82) is 0 Å². The van der Waals surface area contributed by atoms with Crippen LogP contribution in [0.15, 0.2) is 48.8 Å². The predicted molar refractivity (Wildman–Crippen MR) is 114 cm³/mol. The van der Waals surface area contributed by atoms with Gasteiger partial charge in [0.25, 0.3) is 5.91 Å². The lowest BCUT2D eigenvalue weighted by Crippen LogP contribution is -2.43. The van der Waals surface area contributed by atoms with E-state index in [4.69, 9.17) is 4.74 Å². The van der Waals surface area contributed by atoms with Crippen molar-refractivity contribution in [2.45, 2.75) is 38.8 Å². The molecular weight excluding hydrogens is 362 g/mol. The molecule has 1 spiro atoms. The molecule has 2 aliphatic rings. The fraction of sp³-hybridized carbons (Fsp3) is 0.500. The van der Waals surface area contributed by atoms with E-state index in [1.165, 1.54) is 11.1 Å². The highest BCUT2D eigenvalue weighted by Gasteiger charge is 2.43. The first-order chi connectivity index (χ1) is 14.0. The van der Waals surface area contributed by atoms with Gasteiger partial charge in [-0.2, -0.15) is 0 Å². The lowest BCUT2D eigenvalue weighted by atomic mass is 9.76. The van der Waals surface area contributed by atoms with Crippen molar-refractivity contribution in [3.05, 3.63) is 65.5 Å². The van der Waals surface area contributed by atoms with Gasteiger partial charge in [-0.3, -0.25) is 14.7 Å². The number of likely N-dealkylation sites (N-methyl/N-ethyl adjacent to an activating group) is 1. The van der Waals surface area contributed by atoms with Crippen molar-refractivity contribution in [2.24, 2.45) is 5.41 Å². The third-order valence-corrected chi connectivity index (χ3v) is 6.39. The Hall–Kier alpha value is -2.24. The van der Waals surface area contributed by atoms with Crippen LogP contribution in [0, 0.1) is 12.3 Å². The summed E-state index contributed by atoms with van der Waals surface area (Å²) in [5.41, 5.74) is 3.45. The molecule has 1 atom stereocenters. The Bertz CT molecular complexity index is 814. The van der Waals surface area contributed by atoms with Crippen LogP contribution in [0.25, 0.3) is 0 Å². The van der Waals surface area contributed by atoms with Crippen molar-refractivity contribution >= 4 is 5.91 Å². The van der Waals surface area contributed by atoms with Gasteiger partial charge in [-0.25, -0.2) is 0 Å². The molecule has 5 nitrogen and oxygen atoms in total. The van der Waals surface area contributed by atoms with Gasteiger partial charge in [0.15, 0.2) is 0 Å². The molecule has 2 fully saturated rings. The summed E-state index contributed by atoms with van der Waals surface area (Å²) in [4.78, 5) is 21.3. The third kappa shape index (κ3) is 4.85. The van der Waals surface area contributed by atoms with Gasteiger partial charge in [0.1, 0.15) is 0 Å². The highest BCUT2D eigenvalue weighted by Crippen LogP contribution is 2.42. The highest BCUT2D eigenvalue weighted by molar-refractivity contribution is 5.94. The lowest BCUT2D eigenvalue weighted by molar-refractivity contribution is 0.0457. The molecule has 1 amide bonds. The smallest absolute Gasteiger partial charge is 0.253 e. The van der Waals surface area contributed by atoms with Gasteiger partial charge in [-0.05, 0) is 62.4 Å². The minimum Gasteiger partial charge on any atom is -0.376 e. The Kier molecular flexibility index (Phi) is 5.97.